The minimum atomic E-state index is 0.795. The molecule has 0 spiro atoms. The van der Waals surface area contributed by atoms with Crippen molar-refractivity contribution in [3.8, 4) is 0 Å². The van der Waals surface area contributed by atoms with Crippen LogP contribution in [0.25, 0.3) is 0 Å². The molecule has 0 aliphatic rings. The van der Waals surface area contributed by atoms with E-state index in [-0.39, 0.29) is 0 Å². The van der Waals surface area contributed by atoms with Crippen LogP contribution in [0.4, 0.5) is 0 Å². The molecule has 1 aromatic carbocycles. The number of rotatable bonds is 3. The minimum Gasteiger partial charge on any atom is -0.267 e. The van der Waals surface area contributed by atoms with Crippen molar-refractivity contribution in [2.45, 2.75) is 5.75 Å². The van der Waals surface area contributed by atoms with Crippen molar-refractivity contribution in [3.05, 3.63) is 34.9 Å². The van der Waals surface area contributed by atoms with Crippen LogP contribution in [0.1, 0.15) is 5.56 Å². The highest BCUT2D eigenvalue weighted by Gasteiger charge is 1.91. The van der Waals surface area contributed by atoms with Gasteiger partial charge in [0.15, 0.2) is 0 Å². The summed E-state index contributed by atoms with van der Waals surface area (Å²) < 4.78 is 3.01. The second kappa shape index (κ2) is 4.65. The van der Waals surface area contributed by atoms with E-state index in [1.807, 2.05) is 31.3 Å². The largest absolute Gasteiger partial charge is 0.267 e. The van der Waals surface area contributed by atoms with E-state index in [9.17, 15) is 0 Å². The zero-order valence-electron chi connectivity index (χ0n) is 6.30. The smallest absolute Gasteiger partial charge is 0.0406 e. The molecular formula is C8H10ClNS. The van der Waals surface area contributed by atoms with Gasteiger partial charge < -0.3 is 0 Å². The first-order valence-corrected chi connectivity index (χ1v) is 4.72. The lowest BCUT2D eigenvalue weighted by molar-refractivity contribution is 1.27. The summed E-state index contributed by atoms with van der Waals surface area (Å²) in [7, 11) is 1.92. The fourth-order valence-electron chi connectivity index (χ4n) is 0.736. The van der Waals surface area contributed by atoms with E-state index < -0.39 is 0 Å². The minimum absolute atomic E-state index is 0.795. The Morgan fingerprint density at radius 1 is 1.36 bits per heavy atom. The first-order chi connectivity index (χ1) is 5.33. The molecule has 0 saturated carbocycles. The molecular weight excluding hydrogens is 178 g/mol. The van der Waals surface area contributed by atoms with Crippen LogP contribution in [0.3, 0.4) is 0 Å². The summed E-state index contributed by atoms with van der Waals surface area (Å²) in [4.78, 5) is 0. The lowest BCUT2D eigenvalue weighted by Crippen LogP contribution is -1.92. The fourth-order valence-corrected chi connectivity index (χ4v) is 1.37. The Kier molecular flexibility index (Phi) is 3.77. The molecule has 0 aromatic heterocycles. The summed E-state index contributed by atoms with van der Waals surface area (Å²) in [5, 5.41) is 0.795. The Balaban J connectivity index is 2.52. The van der Waals surface area contributed by atoms with E-state index in [1.54, 1.807) is 11.9 Å². The van der Waals surface area contributed by atoms with Gasteiger partial charge in [-0.05, 0) is 24.7 Å². The molecule has 0 fully saturated rings. The van der Waals surface area contributed by atoms with E-state index in [4.69, 9.17) is 11.6 Å². The normalized spacial score (nSPS) is 10.0. The van der Waals surface area contributed by atoms with Crippen molar-refractivity contribution in [3.63, 3.8) is 0 Å². The SMILES string of the molecule is CNSCc1ccc(Cl)cc1. The molecule has 0 radical (unpaired) electrons. The van der Waals surface area contributed by atoms with Crippen molar-refractivity contribution in [1.29, 1.82) is 0 Å². The summed E-state index contributed by atoms with van der Waals surface area (Å²) in [6.07, 6.45) is 0. The van der Waals surface area contributed by atoms with Gasteiger partial charge in [-0.25, -0.2) is 0 Å². The highest BCUT2D eigenvalue weighted by molar-refractivity contribution is 7.96. The predicted molar refractivity (Wildman–Crippen MR) is 51.8 cm³/mol. The molecule has 1 N–H and O–H groups in total. The van der Waals surface area contributed by atoms with E-state index in [0.717, 1.165) is 10.8 Å². The lowest BCUT2D eigenvalue weighted by atomic mass is 10.2. The summed E-state index contributed by atoms with van der Waals surface area (Å²) >= 11 is 7.40. The third-order valence-corrected chi connectivity index (χ3v) is 2.31. The zero-order valence-corrected chi connectivity index (χ0v) is 7.88. The Labute approximate surface area is 76.3 Å². The van der Waals surface area contributed by atoms with Crippen molar-refractivity contribution < 1.29 is 0 Å². The van der Waals surface area contributed by atoms with Gasteiger partial charge >= 0.3 is 0 Å². The number of nitrogens with one attached hydrogen (secondary N) is 1. The molecule has 0 atom stereocenters. The maximum Gasteiger partial charge on any atom is 0.0406 e. The highest BCUT2D eigenvalue weighted by Crippen LogP contribution is 2.12. The molecule has 0 aliphatic carbocycles. The van der Waals surface area contributed by atoms with E-state index >= 15 is 0 Å². The second-order valence-electron chi connectivity index (χ2n) is 2.12. The van der Waals surface area contributed by atoms with Gasteiger partial charge in [0.2, 0.25) is 0 Å². The summed E-state index contributed by atoms with van der Waals surface area (Å²) in [6, 6.07) is 7.89. The third kappa shape index (κ3) is 3.14. The topological polar surface area (TPSA) is 12.0 Å². The molecule has 1 nitrogen and oxygen atoms in total. The number of hydrogen-bond acceptors (Lipinski definition) is 2. The molecule has 0 heterocycles. The van der Waals surface area contributed by atoms with Crippen LogP contribution in [0.2, 0.25) is 5.02 Å². The molecule has 60 valence electrons. The Bertz CT molecular complexity index is 210. The molecule has 1 rings (SSSR count). The summed E-state index contributed by atoms with van der Waals surface area (Å²) in [5.41, 5.74) is 1.29. The van der Waals surface area contributed by atoms with Gasteiger partial charge in [0.1, 0.15) is 0 Å². The summed E-state index contributed by atoms with van der Waals surface area (Å²) in [6.45, 7) is 0. The molecule has 11 heavy (non-hydrogen) atoms. The van der Waals surface area contributed by atoms with Gasteiger partial charge in [0.05, 0.1) is 0 Å². The molecule has 0 amide bonds. The molecule has 0 unspecified atom stereocenters. The maximum atomic E-state index is 5.72. The predicted octanol–water partition coefficient (Wildman–Crippen LogP) is 2.71. The van der Waals surface area contributed by atoms with Gasteiger partial charge in [-0.2, -0.15) is 0 Å². The van der Waals surface area contributed by atoms with Crippen molar-refractivity contribution >= 4 is 23.5 Å². The number of halogens is 1. The van der Waals surface area contributed by atoms with Crippen LogP contribution in [0, 0.1) is 0 Å². The van der Waals surface area contributed by atoms with Crippen molar-refractivity contribution in [1.82, 2.24) is 4.72 Å². The highest BCUT2D eigenvalue weighted by atomic mass is 35.5. The Morgan fingerprint density at radius 3 is 2.55 bits per heavy atom. The lowest BCUT2D eigenvalue weighted by Gasteiger charge is -1.98. The monoisotopic (exact) mass is 187 g/mol. The maximum absolute atomic E-state index is 5.72. The van der Waals surface area contributed by atoms with Crippen molar-refractivity contribution in [2.75, 3.05) is 7.05 Å². The average molecular weight is 188 g/mol. The first kappa shape index (κ1) is 8.91. The number of hydrogen-bond donors (Lipinski definition) is 1. The van der Waals surface area contributed by atoms with Crippen molar-refractivity contribution in [2.24, 2.45) is 0 Å². The van der Waals surface area contributed by atoms with Crippen LogP contribution < -0.4 is 4.72 Å². The second-order valence-corrected chi connectivity index (χ2v) is 3.54. The molecule has 0 bridgehead atoms. The first-order valence-electron chi connectivity index (χ1n) is 3.36. The van der Waals surface area contributed by atoms with E-state index in [1.165, 1.54) is 5.56 Å². The van der Waals surface area contributed by atoms with Crippen LogP contribution in [0.5, 0.6) is 0 Å². The van der Waals surface area contributed by atoms with E-state index in [2.05, 4.69) is 4.72 Å². The fraction of sp³-hybridized carbons (Fsp3) is 0.250. The van der Waals surface area contributed by atoms with Gasteiger partial charge in [-0.15, -0.1) is 0 Å². The molecule has 0 saturated heterocycles. The van der Waals surface area contributed by atoms with Crippen LogP contribution in [-0.4, -0.2) is 7.05 Å². The van der Waals surface area contributed by atoms with Crippen LogP contribution in [-0.2, 0) is 5.75 Å². The zero-order chi connectivity index (χ0) is 8.10. The quantitative estimate of drug-likeness (QED) is 0.731. The Morgan fingerprint density at radius 2 is 2.00 bits per heavy atom. The van der Waals surface area contributed by atoms with Crippen LogP contribution >= 0.6 is 23.5 Å². The number of benzene rings is 1. The summed E-state index contributed by atoms with van der Waals surface area (Å²) in [5.74, 6) is 0.980. The molecule has 0 aliphatic heterocycles. The van der Waals surface area contributed by atoms with E-state index in [0.29, 0.717) is 0 Å². The van der Waals surface area contributed by atoms with Gasteiger partial charge in [-0.1, -0.05) is 35.7 Å². The van der Waals surface area contributed by atoms with Gasteiger partial charge in [-0.3, -0.25) is 4.72 Å². The molecule has 1 aromatic rings. The van der Waals surface area contributed by atoms with Gasteiger partial charge in [0.25, 0.3) is 0 Å². The molecule has 3 heteroatoms. The van der Waals surface area contributed by atoms with Gasteiger partial charge in [0, 0.05) is 10.8 Å². The average Bonchev–Trinajstić information content (AvgIpc) is 2.04. The third-order valence-electron chi connectivity index (χ3n) is 1.30. The Hall–Kier alpha value is -0.180. The van der Waals surface area contributed by atoms with Crippen LogP contribution in [0.15, 0.2) is 24.3 Å². The standard InChI is InChI=1S/C8H10ClNS/c1-10-11-6-7-2-4-8(9)5-3-7/h2-5,10H,6H2,1H3.